The van der Waals surface area contributed by atoms with Crippen molar-refractivity contribution in [1.82, 2.24) is 4.90 Å². The number of nitrogens with zero attached hydrogens (tertiary/aromatic N) is 1. The van der Waals surface area contributed by atoms with Gasteiger partial charge >= 0.3 is 0 Å². The van der Waals surface area contributed by atoms with Crippen LogP contribution in [0.4, 0.5) is 5.69 Å². The molecule has 0 fully saturated rings. The first-order chi connectivity index (χ1) is 10.0. The number of hydrogen-bond donors (Lipinski definition) is 1. The van der Waals surface area contributed by atoms with Crippen LogP contribution in [0.3, 0.4) is 0 Å². The number of anilines is 1. The van der Waals surface area contributed by atoms with Gasteiger partial charge in [-0.3, -0.25) is 4.79 Å². The quantitative estimate of drug-likeness (QED) is 0.820. The molecule has 0 atom stereocenters. The number of aryl methyl sites for hydroxylation is 1. The zero-order valence-corrected chi connectivity index (χ0v) is 12.7. The fourth-order valence-corrected chi connectivity index (χ4v) is 2.92. The molecule has 0 aliphatic carbocycles. The molecule has 3 nitrogen and oxygen atoms in total. The molecular formula is C17H17ClN2O. The average molecular weight is 301 g/mol. The molecule has 0 saturated heterocycles. The van der Waals surface area contributed by atoms with E-state index in [1.165, 1.54) is 5.56 Å². The Morgan fingerprint density at radius 1 is 1.19 bits per heavy atom. The van der Waals surface area contributed by atoms with Crippen molar-refractivity contribution in [1.29, 1.82) is 0 Å². The first kappa shape index (κ1) is 14.0. The van der Waals surface area contributed by atoms with Crippen LogP contribution in [0.5, 0.6) is 0 Å². The van der Waals surface area contributed by atoms with Crippen molar-refractivity contribution >= 4 is 23.2 Å². The van der Waals surface area contributed by atoms with Gasteiger partial charge in [-0.05, 0) is 54.3 Å². The van der Waals surface area contributed by atoms with Gasteiger partial charge in [0.05, 0.1) is 0 Å². The molecule has 1 aliphatic rings. The van der Waals surface area contributed by atoms with Gasteiger partial charge in [0.1, 0.15) is 0 Å². The second-order valence-corrected chi connectivity index (χ2v) is 5.90. The molecule has 0 unspecified atom stereocenters. The number of amides is 1. The maximum atomic E-state index is 12.7. The lowest BCUT2D eigenvalue weighted by atomic mass is 9.98. The Labute approximate surface area is 129 Å². The summed E-state index contributed by atoms with van der Waals surface area (Å²) in [5, 5.41) is 0.589. The number of nitrogen functional groups attached to an aromatic ring is 1. The molecule has 0 spiro atoms. The normalized spacial score (nSPS) is 13.9. The van der Waals surface area contributed by atoms with E-state index in [0.29, 0.717) is 17.1 Å². The molecule has 1 aliphatic heterocycles. The molecule has 21 heavy (non-hydrogen) atoms. The van der Waals surface area contributed by atoms with Crippen molar-refractivity contribution in [2.75, 3.05) is 12.3 Å². The average Bonchev–Trinajstić information content (AvgIpc) is 2.48. The van der Waals surface area contributed by atoms with Crippen LogP contribution in [-0.4, -0.2) is 17.4 Å². The van der Waals surface area contributed by atoms with Crippen LogP contribution in [0.2, 0.25) is 5.02 Å². The zero-order valence-electron chi connectivity index (χ0n) is 11.9. The Morgan fingerprint density at radius 2 is 2.00 bits per heavy atom. The summed E-state index contributed by atoms with van der Waals surface area (Å²) in [6.45, 7) is 3.26. The van der Waals surface area contributed by atoms with Crippen LogP contribution >= 0.6 is 11.6 Å². The van der Waals surface area contributed by atoms with Gasteiger partial charge in [-0.1, -0.05) is 23.7 Å². The van der Waals surface area contributed by atoms with Gasteiger partial charge in [0.25, 0.3) is 5.91 Å². The van der Waals surface area contributed by atoms with Gasteiger partial charge in [-0.15, -0.1) is 0 Å². The summed E-state index contributed by atoms with van der Waals surface area (Å²) < 4.78 is 0. The molecule has 0 radical (unpaired) electrons. The SMILES string of the molecule is Cc1ccc(Cl)cc1C(=O)N1CCc2ccc(N)cc2C1. The van der Waals surface area contributed by atoms with Crippen LogP contribution in [0, 0.1) is 6.92 Å². The molecular weight excluding hydrogens is 284 g/mol. The van der Waals surface area contributed by atoms with Gasteiger partial charge in [-0.2, -0.15) is 0 Å². The van der Waals surface area contributed by atoms with E-state index in [1.807, 2.05) is 30.0 Å². The van der Waals surface area contributed by atoms with Crippen LogP contribution < -0.4 is 5.73 Å². The van der Waals surface area contributed by atoms with Crippen molar-refractivity contribution in [3.8, 4) is 0 Å². The third kappa shape index (κ3) is 2.74. The van der Waals surface area contributed by atoms with Crippen molar-refractivity contribution in [2.45, 2.75) is 19.9 Å². The topological polar surface area (TPSA) is 46.3 Å². The van der Waals surface area contributed by atoms with E-state index in [-0.39, 0.29) is 5.91 Å². The summed E-state index contributed by atoms with van der Waals surface area (Å²) >= 11 is 6.01. The number of carbonyl (C=O) groups excluding carboxylic acids is 1. The van der Waals surface area contributed by atoms with E-state index in [9.17, 15) is 4.79 Å². The smallest absolute Gasteiger partial charge is 0.254 e. The summed E-state index contributed by atoms with van der Waals surface area (Å²) in [6, 6.07) is 11.4. The second kappa shape index (κ2) is 5.41. The summed E-state index contributed by atoms with van der Waals surface area (Å²) in [5.41, 5.74) is 10.6. The summed E-state index contributed by atoms with van der Waals surface area (Å²) in [6.07, 6.45) is 0.862. The first-order valence-electron chi connectivity index (χ1n) is 6.97. The highest BCUT2D eigenvalue weighted by atomic mass is 35.5. The highest BCUT2D eigenvalue weighted by Gasteiger charge is 2.23. The van der Waals surface area contributed by atoms with Crippen molar-refractivity contribution in [3.63, 3.8) is 0 Å². The summed E-state index contributed by atoms with van der Waals surface area (Å²) in [4.78, 5) is 14.6. The van der Waals surface area contributed by atoms with Crippen LogP contribution in [0.1, 0.15) is 27.0 Å². The zero-order chi connectivity index (χ0) is 15.0. The number of halogens is 1. The summed E-state index contributed by atoms with van der Waals surface area (Å²) in [7, 11) is 0. The fraction of sp³-hybridized carbons (Fsp3) is 0.235. The Morgan fingerprint density at radius 3 is 2.81 bits per heavy atom. The maximum absolute atomic E-state index is 12.7. The molecule has 2 N–H and O–H groups in total. The number of benzene rings is 2. The van der Waals surface area contributed by atoms with E-state index in [4.69, 9.17) is 17.3 Å². The van der Waals surface area contributed by atoms with Crippen LogP contribution in [-0.2, 0) is 13.0 Å². The van der Waals surface area contributed by atoms with Gasteiger partial charge in [0.15, 0.2) is 0 Å². The number of carbonyl (C=O) groups is 1. The molecule has 1 amide bonds. The molecule has 2 aromatic rings. The third-order valence-corrected chi connectivity index (χ3v) is 4.19. The van der Waals surface area contributed by atoms with Gasteiger partial charge in [0, 0.05) is 29.4 Å². The number of hydrogen-bond acceptors (Lipinski definition) is 2. The lowest BCUT2D eigenvalue weighted by molar-refractivity contribution is 0.0734. The number of fused-ring (bicyclic) bond motifs is 1. The standard InChI is InChI=1S/C17H17ClN2O/c1-11-2-4-14(18)9-16(11)17(21)20-7-6-12-3-5-15(19)8-13(12)10-20/h2-5,8-9H,6-7,10,19H2,1H3. The predicted octanol–water partition coefficient (Wildman–Crippen LogP) is 3.43. The molecule has 108 valence electrons. The highest BCUT2D eigenvalue weighted by molar-refractivity contribution is 6.31. The van der Waals surface area contributed by atoms with Crippen LogP contribution in [0.25, 0.3) is 0 Å². The minimum atomic E-state index is 0.0306. The maximum Gasteiger partial charge on any atom is 0.254 e. The third-order valence-electron chi connectivity index (χ3n) is 3.96. The lowest BCUT2D eigenvalue weighted by Gasteiger charge is -2.29. The lowest BCUT2D eigenvalue weighted by Crippen LogP contribution is -2.36. The fourth-order valence-electron chi connectivity index (χ4n) is 2.75. The Balaban J connectivity index is 1.88. The Hall–Kier alpha value is -2.00. The first-order valence-corrected chi connectivity index (χ1v) is 7.35. The van der Waals surface area contributed by atoms with Gasteiger partial charge in [-0.25, -0.2) is 0 Å². The molecule has 2 aromatic carbocycles. The largest absolute Gasteiger partial charge is 0.399 e. The van der Waals surface area contributed by atoms with E-state index in [1.54, 1.807) is 12.1 Å². The van der Waals surface area contributed by atoms with Gasteiger partial charge in [0.2, 0.25) is 0 Å². The van der Waals surface area contributed by atoms with E-state index >= 15 is 0 Å². The van der Waals surface area contributed by atoms with Crippen molar-refractivity contribution < 1.29 is 4.79 Å². The van der Waals surface area contributed by atoms with E-state index < -0.39 is 0 Å². The number of nitrogens with two attached hydrogens (primary N) is 1. The van der Waals surface area contributed by atoms with Crippen molar-refractivity contribution in [2.24, 2.45) is 0 Å². The Bertz CT molecular complexity index is 712. The highest BCUT2D eigenvalue weighted by Crippen LogP contribution is 2.24. The monoisotopic (exact) mass is 300 g/mol. The predicted molar refractivity (Wildman–Crippen MR) is 85.5 cm³/mol. The second-order valence-electron chi connectivity index (χ2n) is 5.46. The van der Waals surface area contributed by atoms with Crippen molar-refractivity contribution in [3.05, 3.63) is 63.7 Å². The molecule has 3 rings (SSSR count). The van der Waals surface area contributed by atoms with Gasteiger partial charge < -0.3 is 10.6 Å². The Kier molecular flexibility index (Phi) is 3.60. The summed E-state index contributed by atoms with van der Waals surface area (Å²) in [5.74, 6) is 0.0306. The number of rotatable bonds is 1. The molecule has 0 aromatic heterocycles. The minimum Gasteiger partial charge on any atom is -0.399 e. The van der Waals surface area contributed by atoms with E-state index in [0.717, 1.165) is 29.8 Å². The van der Waals surface area contributed by atoms with E-state index in [2.05, 4.69) is 6.07 Å². The molecule has 4 heteroatoms. The minimum absolute atomic E-state index is 0.0306. The molecule has 1 heterocycles. The van der Waals surface area contributed by atoms with Crippen LogP contribution in [0.15, 0.2) is 36.4 Å². The molecule has 0 saturated carbocycles. The molecule has 0 bridgehead atoms.